The largest absolute Gasteiger partial charge is 0.0651 e. The summed E-state index contributed by atoms with van der Waals surface area (Å²) in [4.78, 5) is 0. The molecule has 280 valence electrons. The second-order valence-corrected chi connectivity index (χ2v) is 20.7. The van der Waals surface area contributed by atoms with Crippen LogP contribution in [0.25, 0.3) is 0 Å². The normalized spacial score (nSPS) is 33.9. The average molecular weight is 665 g/mol. The van der Waals surface area contributed by atoms with Crippen molar-refractivity contribution in [2.45, 2.75) is 235 Å². The van der Waals surface area contributed by atoms with Gasteiger partial charge in [-0.1, -0.05) is 183 Å². The summed E-state index contributed by atoms with van der Waals surface area (Å²) in [6.07, 6.45) is 44.0. The molecule has 0 bridgehead atoms. The minimum Gasteiger partial charge on any atom is -0.0651 e. The topological polar surface area (TPSA) is 0 Å². The van der Waals surface area contributed by atoms with Crippen molar-refractivity contribution in [2.24, 2.45) is 69.5 Å². The zero-order valence-electron chi connectivity index (χ0n) is 34.2. The minimum absolute atomic E-state index is 0.599. The van der Waals surface area contributed by atoms with E-state index >= 15 is 0 Å². The Bertz CT molecular complexity index is 817. The predicted octanol–water partition coefficient (Wildman–Crippen LogP) is 16.0. The van der Waals surface area contributed by atoms with Crippen LogP contribution in [0.2, 0.25) is 0 Å². The van der Waals surface area contributed by atoms with Crippen LogP contribution in [-0.2, 0) is 0 Å². The smallest absolute Gasteiger partial charge is 0.0240 e. The summed E-state index contributed by atoms with van der Waals surface area (Å²) in [6.45, 7) is 18.2. The fraction of sp³-hybridized carbons (Fsp3) is 1.00. The van der Waals surface area contributed by atoms with Crippen LogP contribution in [0.15, 0.2) is 0 Å². The van der Waals surface area contributed by atoms with Gasteiger partial charge < -0.3 is 0 Å². The number of hydrogen-bond donors (Lipinski definition) is 0. The van der Waals surface area contributed by atoms with Crippen LogP contribution in [-0.4, -0.2) is 0 Å². The molecule has 0 aromatic heterocycles. The molecule has 4 unspecified atom stereocenters. The van der Waals surface area contributed by atoms with Crippen LogP contribution in [0.1, 0.15) is 235 Å². The Morgan fingerprint density at radius 2 is 0.646 bits per heavy atom. The van der Waals surface area contributed by atoms with Crippen molar-refractivity contribution in [3.8, 4) is 0 Å². The molecule has 0 nitrogen and oxygen atoms in total. The average Bonchev–Trinajstić information content (AvgIpc) is 3.15. The van der Waals surface area contributed by atoms with Gasteiger partial charge in [0.1, 0.15) is 0 Å². The first kappa shape index (κ1) is 39.2. The lowest BCUT2D eigenvalue weighted by Gasteiger charge is -2.55. The van der Waals surface area contributed by atoms with E-state index in [9.17, 15) is 0 Å². The zero-order chi connectivity index (χ0) is 34.2. The Balaban J connectivity index is 0.000000188. The molecular formula is C48H88. The summed E-state index contributed by atoms with van der Waals surface area (Å²) in [5, 5.41) is 0. The lowest BCUT2D eigenvalue weighted by Crippen LogP contribution is -2.46. The van der Waals surface area contributed by atoms with Crippen molar-refractivity contribution in [1.82, 2.24) is 0 Å². The zero-order valence-corrected chi connectivity index (χ0v) is 34.2. The monoisotopic (exact) mass is 665 g/mol. The van der Waals surface area contributed by atoms with Crippen molar-refractivity contribution in [3.05, 3.63) is 0 Å². The molecule has 0 aromatic rings. The van der Waals surface area contributed by atoms with E-state index in [-0.39, 0.29) is 0 Å². The summed E-state index contributed by atoms with van der Waals surface area (Å²) >= 11 is 0. The third-order valence-electron chi connectivity index (χ3n) is 18.2. The molecule has 0 N–H and O–H groups in total. The first-order valence-electron chi connectivity index (χ1n) is 23.1. The van der Waals surface area contributed by atoms with Gasteiger partial charge in [0.05, 0.1) is 0 Å². The molecule has 48 heavy (non-hydrogen) atoms. The molecule has 6 aliphatic rings. The number of rotatable bonds is 9. The van der Waals surface area contributed by atoms with Crippen molar-refractivity contribution < 1.29 is 0 Å². The molecule has 6 rings (SSSR count). The van der Waals surface area contributed by atoms with Crippen LogP contribution in [0, 0.1) is 69.5 Å². The summed E-state index contributed by atoms with van der Waals surface area (Å²) < 4.78 is 0. The van der Waals surface area contributed by atoms with Crippen LogP contribution in [0.4, 0.5) is 0 Å². The standard InChI is InChI=1S/2C24H44/c1-19(21-11-7-5-8-12-21)24(17-15-23(3,4)16-18-24)20(2)22-13-9-6-10-14-22;1-4-21-15-17-24(18-16-21,19(2)22-11-7-5-8-12-22)20(3)23-13-9-6-10-14-23/h19-22H,5-18H2,1-4H3;19-23H,4-18H2,1-3H3. The van der Waals surface area contributed by atoms with E-state index < -0.39 is 0 Å². The van der Waals surface area contributed by atoms with Gasteiger partial charge in [-0.25, -0.2) is 0 Å². The van der Waals surface area contributed by atoms with Crippen molar-refractivity contribution in [1.29, 1.82) is 0 Å². The maximum Gasteiger partial charge on any atom is -0.0240 e. The maximum atomic E-state index is 2.70. The van der Waals surface area contributed by atoms with Crippen molar-refractivity contribution in [2.75, 3.05) is 0 Å². The molecule has 0 radical (unpaired) electrons. The van der Waals surface area contributed by atoms with E-state index in [1.807, 2.05) is 0 Å². The third-order valence-corrected chi connectivity index (χ3v) is 18.2. The second-order valence-electron chi connectivity index (χ2n) is 20.7. The molecule has 4 atom stereocenters. The molecule has 6 fully saturated rings. The summed E-state index contributed by atoms with van der Waals surface area (Å²) in [5.74, 6) is 9.08. The molecule has 6 aliphatic carbocycles. The Morgan fingerprint density at radius 3 is 0.917 bits per heavy atom. The highest BCUT2D eigenvalue weighted by atomic mass is 14.6. The highest BCUT2D eigenvalue weighted by molar-refractivity contribution is 5.00. The van der Waals surface area contributed by atoms with Crippen LogP contribution in [0.5, 0.6) is 0 Å². The fourth-order valence-corrected chi connectivity index (χ4v) is 14.1. The van der Waals surface area contributed by atoms with E-state index in [2.05, 4.69) is 48.5 Å². The number of hydrogen-bond acceptors (Lipinski definition) is 0. The van der Waals surface area contributed by atoms with E-state index in [1.54, 1.807) is 12.8 Å². The van der Waals surface area contributed by atoms with Crippen molar-refractivity contribution >= 4 is 0 Å². The van der Waals surface area contributed by atoms with E-state index in [0.717, 1.165) is 53.3 Å². The van der Waals surface area contributed by atoms with Gasteiger partial charge in [-0.2, -0.15) is 0 Å². The van der Waals surface area contributed by atoms with E-state index in [1.165, 1.54) is 173 Å². The van der Waals surface area contributed by atoms with Gasteiger partial charge in [0.2, 0.25) is 0 Å². The van der Waals surface area contributed by atoms with Crippen LogP contribution in [0.3, 0.4) is 0 Å². The van der Waals surface area contributed by atoms with E-state index in [0.29, 0.717) is 16.2 Å². The second kappa shape index (κ2) is 18.2. The van der Waals surface area contributed by atoms with Gasteiger partial charge in [-0.3, -0.25) is 0 Å². The molecule has 0 amide bonds. The molecule has 0 saturated heterocycles. The maximum absolute atomic E-state index is 2.70. The third kappa shape index (κ3) is 9.31. The Hall–Kier alpha value is 0. The lowest BCUT2D eigenvalue weighted by molar-refractivity contribution is -0.0549. The van der Waals surface area contributed by atoms with Crippen molar-refractivity contribution in [3.63, 3.8) is 0 Å². The van der Waals surface area contributed by atoms with Gasteiger partial charge in [0.15, 0.2) is 0 Å². The predicted molar refractivity (Wildman–Crippen MR) is 212 cm³/mol. The van der Waals surface area contributed by atoms with E-state index in [4.69, 9.17) is 0 Å². The summed E-state index contributed by atoms with van der Waals surface area (Å²) in [7, 11) is 0. The summed E-state index contributed by atoms with van der Waals surface area (Å²) in [5.41, 5.74) is 1.96. The molecule has 0 spiro atoms. The van der Waals surface area contributed by atoms with Gasteiger partial charge in [0.25, 0.3) is 0 Å². The Kier molecular flexibility index (Phi) is 14.8. The van der Waals surface area contributed by atoms with Gasteiger partial charge in [-0.15, -0.1) is 0 Å². The SMILES string of the molecule is CC(C1CCCCC1)C1(C(C)C2CCCCC2)CCC(C)(C)CC1.CCC1CCC(C(C)C2CCCCC2)(C(C)C2CCCCC2)CC1. The quantitative estimate of drug-likeness (QED) is 0.230. The lowest BCUT2D eigenvalue weighted by atomic mass is 9.50. The summed E-state index contributed by atoms with van der Waals surface area (Å²) in [6, 6.07) is 0. The van der Waals surface area contributed by atoms with Crippen LogP contribution >= 0.6 is 0 Å². The first-order chi connectivity index (χ1) is 23.1. The molecule has 0 aromatic carbocycles. The Morgan fingerprint density at radius 1 is 0.375 bits per heavy atom. The van der Waals surface area contributed by atoms with Gasteiger partial charge >= 0.3 is 0 Å². The Labute approximate surface area is 303 Å². The molecule has 0 heteroatoms. The highest BCUT2D eigenvalue weighted by Crippen LogP contribution is 2.60. The molecular weight excluding hydrogens is 577 g/mol. The van der Waals surface area contributed by atoms with Gasteiger partial charge in [0, 0.05) is 0 Å². The molecule has 0 aliphatic heterocycles. The van der Waals surface area contributed by atoms with Crippen LogP contribution < -0.4 is 0 Å². The first-order valence-corrected chi connectivity index (χ1v) is 23.1. The fourth-order valence-electron chi connectivity index (χ4n) is 14.1. The minimum atomic E-state index is 0.599. The molecule has 0 heterocycles. The highest BCUT2D eigenvalue weighted by Gasteiger charge is 2.50. The molecule has 6 saturated carbocycles. The van der Waals surface area contributed by atoms with Gasteiger partial charge in [-0.05, 0) is 121 Å².